The Morgan fingerprint density at radius 1 is 1.21 bits per heavy atom. The number of fused-ring (bicyclic) bond motifs is 1. The molecule has 154 valence electrons. The normalized spacial score (nSPS) is 24.7. The van der Waals surface area contributed by atoms with E-state index in [2.05, 4.69) is 18.2 Å². The van der Waals surface area contributed by atoms with E-state index in [0.29, 0.717) is 24.2 Å². The maximum absolute atomic E-state index is 10.7. The van der Waals surface area contributed by atoms with Gasteiger partial charge in [0.1, 0.15) is 11.5 Å². The van der Waals surface area contributed by atoms with E-state index < -0.39 is 11.9 Å². The molecule has 0 amide bonds. The average molecular weight is 415 g/mol. The van der Waals surface area contributed by atoms with E-state index in [1.54, 1.807) is 31.6 Å². The third-order valence-corrected chi connectivity index (χ3v) is 6.60. The van der Waals surface area contributed by atoms with Gasteiger partial charge in [-0.05, 0) is 36.9 Å². The summed E-state index contributed by atoms with van der Waals surface area (Å²) in [5, 5.41) is 22.3. The van der Waals surface area contributed by atoms with Crippen molar-refractivity contribution in [2.45, 2.75) is 44.2 Å². The lowest BCUT2D eigenvalue weighted by atomic mass is 9.90. The fourth-order valence-corrected chi connectivity index (χ4v) is 5.26. The molecule has 1 saturated heterocycles. The number of phenols is 1. The summed E-state index contributed by atoms with van der Waals surface area (Å²) < 4.78 is 18.6. The Labute approximate surface area is 174 Å². The van der Waals surface area contributed by atoms with Crippen LogP contribution < -0.4 is 4.74 Å². The zero-order valence-corrected chi connectivity index (χ0v) is 17.7. The van der Waals surface area contributed by atoms with Gasteiger partial charge < -0.3 is 24.4 Å². The van der Waals surface area contributed by atoms with Crippen molar-refractivity contribution in [1.82, 2.24) is 0 Å². The highest BCUT2D eigenvalue weighted by molar-refractivity contribution is 7.19. The SMILES string of the molecule is COc1cc(O)c(C2(OC)C[C@@H](O)C[C@@H](C)O2)cc1Cc1cc2ccccc2s1. The fraction of sp³-hybridized carbons (Fsp3) is 0.391. The number of aromatic hydroxyl groups is 1. The first-order chi connectivity index (χ1) is 13.9. The number of benzene rings is 2. The second-order valence-corrected chi connectivity index (χ2v) is 8.76. The number of hydrogen-bond acceptors (Lipinski definition) is 6. The molecule has 0 bridgehead atoms. The van der Waals surface area contributed by atoms with Crippen LogP contribution in [0, 0.1) is 0 Å². The third-order valence-electron chi connectivity index (χ3n) is 5.48. The fourth-order valence-electron chi connectivity index (χ4n) is 4.17. The summed E-state index contributed by atoms with van der Waals surface area (Å²) in [4.78, 5) is 1.20. The van der Waals surface area contributed by atoms with Crippen LogP contribution in [0.25, 0.3) is 10.1 Å². The molecular weight excluding hydrogens is 388 g/mol. The van der Waals surface area contributed by atoms with Gasteiger partial charge in [-0.15, -0.1) is 11.3 Å². The van der Waals surface area contributed by atoms with Crippen LogP contribution in [0.2, 0.25) is 0 Å². The third kappa shape index (κ3) is 3.85. The predicted molar refractivity (Wildman–Crippen MR) is 114 cm³/mol. The first-order valence-electron chi connectivity index (χ1n) is 9.73. The monoisotopic (exact) mass is 414 g/mol. The maximum Gasteiger partial charge on any atom is 0.200 e. The molecule has 0 spiro atoms. The lowest BCUT2D eigenvalue weighted by Gasteiger charge is -2.41. The molecule has 4 rings (SSSR count). The van der Waals surface area contributed by atoms with Gasteiger partial charge in [0, 0.05) is 41.2 Å². The van der Waals surface area contributed by atoms with E-state index in [-0.39, 0.29) is 18.3 Å². The van der Waals surface area contributed by atoms with Crippen molar-refractivity contribution in [2.24, 2.45) is 0 Å². The van der Waals surface area contributed by atoms with Crippen LogP contribution >= 0.6 is 11.3 Å². The van der Waals surface area contributed by atoms with Gasteiger partial charge >= 0.3 is 0 Å². The molecule has 1 unspecified atom stereocenters. The van der Waals surface area contributed by atoms with Crippen molar-refractivity contribution in [1.29, 1.82) is 0 Å². The van der Waals surface area contributed by atoms with Gasteiger partial charge in [-0.25, -0.2) is 0 Å². The van der Waals surface area contributed by atoms with Crippen molar-refractivity contribution in [2.75, 3.05) is 14.2 Å². The number of phenolic OH excluding ortho intramolecular Hbond substituents is 1. The number of rotatable bonds is 5. The Kier molecular flexibility index (Phi) is 5.53. The summed E-state index contributed by atoms with van der Waals surface area (Å²) in [7, 11) is 3.14. The molecule has 5 nitrogen and oxygen atoms in total. The van der Waals surface area contributed by atoms with Crippen LogP contribution in [-0.2, 0) is 21.7 Å². The van der Waals surface area contributed by atoms with Crippen molar-refractivity contribution in [3.05, 3.63) is 58.5 Å². The molecule has 3 atom stereocenters. The average Bonchev–Trinajstić information content (AvgIpc) is 3.10. The summed E-state index contributed by atoms with van der Waals surface area (Å²) in [6.07, 6.45) is 0.706. The first kappa shape index (κ1) is 20.2. The lowest BCUT2D eigenvalue weighted by Crippen LogP contribution is -2.44. The van der Waals surface area contributed by atoms with Gasteiger partial charge in [0.2, 0.25) is 5.79 Å². The second kappa shape index (κ2) is 7.95. The smallest absolute Gasteiger partial charge is 0.200 e. The number of aliphatic hydroxyl groups is 1. The van der Waals surface area contributed by atoms with E-state index in [9.17, 15) is 10.2 Å². The van der Waals surface area contributed by atoms with Crippen molar-refractivity contribution >= 4 is 21.4 Å². The summed E-state index contributed by atoms with van der Waals surface area (Å²) in [5.74, 6) is -0.549. The Morgan fingerprint density at radius 2 is 2.00 bits per heavy atom. The van der Waals surface area contributed by atoms with Crippen LogP contribution in [0.4, 0.5) is 0 Å². The minimum Gasteiger partial charge on any atom is -0.507 e. The molecule has 1 aliphatic heterocycles. The molecule has 2 heterocycles. The van der Waals surface area contributed by atoms with Crippen molar-refractivity contribution in [3.8, 4) is 11.5 Å². The minimum atomic E-state index is -1.19. The molecule has 29 heavy (non-hydrogen) atoms. The molecule has 1 aliphatic rings. The lowest BCUT2D eigenvalue weighted by molar-refractivity contribution is -0.291. The second-order valence-electron chi connectivity index (χ2n) is 7.59. The first-order valence-corrected chi connectivity index (χ1v) is 10.5. The van der Waals surface area contributed by atoms with Gasteiger partial charge in [-0.1, -0.05) is 18.2 Å². The number of aliphatic hydroxyl groups excluding tert-OH is 1. The molecule has 1 fully saturated rings. The summed E-state index contributed by atoms with van der Waals surface area (Å²) in [6.45, 7) is 1.90. The van der Waals surface area contributed by atoms with Crippen LogP contribution in [0.3, 0.4) is 0 Å². The van der Waals surface area contributed by atoms with Crippen LogP contribution in [0.15, 0.2) is 42.5 Å². The summed E-state index contributed by atoms with van der Waals surface area (Å²) >= 11 is 1.74. The molecule has 3 aromatic rings. The molecule has 1 aromatic heterocycles. The molecule has 0 saturated carbocycles. The van der Waals surface area contributed by atoms with Gasteiger partial charge in [-0.3, -0.25) is 0 Å². The van der Waals surface area contributed by atoms with E-state index in [1.165, 1.54) is 15.0 Å². The summed E-state index contributed by atoms with van der Waals surface area (Å²) in [5.41, 5.74) is 1.45. The van der Waals surface area contributed by atoms with Crippen LogP contribution in [-0.4, -0.2) is 36.6 Å². The number of thiophene rings is 1. The Bertz CT molecular complexity index is 969. The van der Waals surface area contributed by atoms with E-state index >= 15 is 0 Å². The van der Waals surface area contributed by atoms with Gasteiger partial charge in [-0.2, -0.15) is 0 Å². The highest BCUT2D eigenvalue weighted by Crippen LogP contribution is 2.45. The Morgan fingerprint density at radius 3 is 2.69 bits per heavy atom. The minimum absolute atomic E-state index is 0.0325. The number of hydrogen-bond donors (Lipinski definition) is 2. The summed E-state index contributed by atoms with van der Waals surface area (Å²) in [6, 6.07) is 14.0. The van der Waals surface area contributed by atoms with E-state index in [0.717, 1.165) is 5.56 Å². The standard InChI is InChI=1S/C23H26O5S/c1-14-8-17(24)13-23(27-3,28-14)19-11-16(21(26-2)12-20(19)25)10-18-9-15-6-4-5-7-22(15)29-18/h4-7,9,11-12,14,17,24-25H,8,10,13H2,1-3H3/t14-,17+,23?/m1/s1. The van der Waals surface area contributed by atoms with E-state index in [1.807, 2.05) is 25.1 Å². The number of ether oxygens (including phenoxy) is 3. The maximum atomic E-state index is 10.7. The van der Waals surface area contributed by atoms with Crippen LogP contribution in [0.5, 0.6) is 11.5 Å². The number of methoxy groups -OCH3 is 2. The Balaban J connectivity index is 1.76. The topological polar surface area (TPSA) is 68.2 Å². The predicted octanol–water partition coefficient (Wildman–Crippen LogP) is 4.57. The molecule has 2 aromatic carbocycles. The van der Waals surface area contributed by atoms with Gasteiger partial charge in [0.15, 0.2) is 0 Å². The largest absolute Gasteiger partial charge is 0.507 e. The highest BCUT2D eigenvalue weighted by atomic mass is 32.1. The zero-order chi connectivity index (χ0) is 20.6. The molecule has 6 heteroatoms. The Hall–Kier alpha value is -2.12. The molecule has 2 N–H and O–H groups in total. The molecular formula is C23H26O5S. The zero-order valence-electron chi connectivity index (χ0n) is 16.8. The van der Waals surface area contributed by atoms with Crippen LogP contribution in [0.1, 0.15) is 35.8 Å². The molecule has 0 aliphatic carbocycles. The molecule has 0 radical (unpaired) electrons. The van der Waals surface area contributed by atoms with E-state index in [4.69, 9.17) is 14.2 Å². The van der Waals surface area contributed by atoms with Gasteiger partial charge in [0.05, 0.1) is 24.9 Å². The van der Waals surface area contributed by atoms with Crippen molar-refractivity contribution < 1.29 is 24.4 Å². The van der Waals surface area contributed by atoms with Crippen molar-refractivity contribution in [3.63, 3.8) is 0 Å². The quantitative estimate of drug-likeness (QED) is 0.640. The van der Waals surface area contributed by atoms with Gasteiger partial charge in [0.25, 0.3) is 0 Å². The highest BCUT2D eigenvalue weighted by Gasteiger charge is 2.44.